The minimum Gasteiger partial charge on any atom is -0.314 e. The molecule has 0 aliphatic rings. The lowest BCUT2D eigenvalue weighted by Gasteiger charge is -2.35. The largest absolute Gasteiger partial charge is 0.314 e. The fourth-order valence-electron chi connectivity index (χ4n) is 1.59. The van der Waals surface area contributed by atoms with Crippen molar-refractivity contribution in [2.24, 2.45) is 5.41 Å². The van der Waals surface area contributed by atoms with Gasteiger partial charge in [-0.05, 0) is 39.4 Å². The van der Waals surface area contributed by atoms with Crippen molar-refractivity contribution in [3.63, 3.8) is 0 Å². The zero-order chi connectivity index (χ0) is 10.5. The SMILES string of the molecule is CCCNC(C)C(C)(C)CN(C)C. The second-order valence-electron chi connectivity index (χ2n) is 4.90. The van der Waals surface area contributed by atoms with E-state index in [-0.39, 0.29) is 0 Å². The van der Waals surface area contributed by atoms with Gasteiger partial charge in [0.2, 0.25) is 0 Å². The number of hydrogen-bond acceptors (Lipinski definition) is 2. The highest BCUT2D eigenvalue weighted by atomic mass is 15.1. The first kappa shape index (κ1) is 12.9. The van der Waals surface area contributed by atoms with Gasteiger partial charge in [-0.2, -0.15) is 0 Å². The Morgan fingerprint density at radius 3 is 2.23 bits per heavy atom. The number of hydrogen-bond donors (Lipinski definition) is 1. The molecule has 80 valence electrons. The molecule has 0 aromatic heterocycles. The first-order valence-electron chi connectivity index (χ1n) is 5.28. The molecule has 0 aromatic rings. The lowest BCUT2D eigenvalue weighted by Crippen LogP contribution is -2.45. The van der Waals surface area contributed by atoms with Crippen molar-refractivity contribution in [2.75, 3.05) is 27.2 Å². The Hall–Kier alpha value is -0.0800. The zero-order valence-corrected chi connectivity index (χ0v) is 10.1. The van der Waals surface area contributed by atoms with Crippen LogP contribution in [0.2, 0.25) is 0 Å². The van der Waals surface area contributed by atoms with E-state index in [1.807, 2.05) is 0 Å². The molecule has 0 spiro atoms. The molecule has 1 N–H and O–H groups in total. The molecule has 0 bridgehead atoms. The molecule has 0 fully saturated rings. The van der Waals surface area contributed by atoms with Crippen molar-refractivity contribution < 1.29 is 0 Å². The molecule has 0 heterocycles. The van der Waals surface area contributed by atoms with Crippen LogP contribution in [0.3, 0.4) is 0 Å². The Morgan fingerprint density at radius 2 is 1.85 bits per heavy atom. The van der Waals surface area contributed by atoms with E-state index >= 15 is 0 Å². The van der Waals surface area contributed by atoms with E-state index in [2.05, 4.69) is 52.0 Å². The Balaban J connectivity index is 3.94. The minimum atomic E-state index is 0.346. The van der Waals surface area contributed by atoms with Crippen LogP contribution in [0.25, 0.3) is 0 Å². The van der Waals surface area contributed by atoms with Crippen LogP contribution >= 0.6 is 0 Å². The highest BCUT2D eigenvalue weighted by molar-refractivity contribution is 4.82. The third kappa shape index (κ3) is 5.27. The van der Waals surface area contributed by atoms with Crippen LogP contribution in [0.1, 0.15) is 34.1 Å². The van der Waals surface area contributed by atoms with Crippen LogP contribution in [-0.2, 0) is 0 Å². The maximum atomic E-state index is 3.55. The smallest absolute Gasteiger partial charge is 0.0102 e. The van der Waals surface area contributed by atoms with Gasteiger partial charge < -0.3 is 10.2 Å². The van der Waals surface area contributed by atoms with Gasteiger partial charge in [0.15, 0.2) is 0 Å². The van der Waals surface area contributed by atoms with Crippen molar-refractivity contribution in [3.8, 4) is 0 Å². The first-order chi connectivity index (χ1) is 5.90. The second-order valence-corrected chi connectivity index (χ2v) is 4.90. The van der Waals surface area contributed by atoms with E-state index in [0.717, 1.165) is 13.1 Å². The Morgan fingerprint density at radius 1 is 1.31 bits per heavy atom. The van der Waals surface area contributed by atoms with Gasteiger partial charge in [-0.3, -0.25) is 0 Å². The van der Waals surface area contributed by atoms with Gasteiger partial charge in [0.05, 0.1) is 0 Å². The molecule has 0 saturated heterocycles. The van der Waals surface area contributed by atoms with E-state index < -0.39 is 0 Å². The third-order valence-electron chi connectivity index (χ3n) is 2.60. The van der Waals surface area contributed by atoms with Crippen LogP contribution in [0.15, 0.2) is 0 Å². The molecule has 0 aromatic carbocycles. The van der Waals surface area contributed by atoms with Gasteiger partial charge in [-0.15, -0.1) is 0 Å². The van der Waals surface area contributed by atoms with Crippen molar-refractivity contribution in [3.05, 3.63) is 0 Å². The molecular weight excluding hydrogens is 160 g/mol. The van der Waals surface area contributed by atoms with Crippen LogP contribution in [0.5, 0.6) is 0 Å². The van der Waals surface area contributed by atoms with Gasteiger partial charge in [0, 0.05) is 12.6 Å². The van der Waals surface area contributed by atoms with Gasteiger partial charge in [-0.25, -0.2) is 0 Å². The number of nitrogens with zero attached hydrogens (tertiary/aromatic N) is 1. The quantitative estimate of drug-likeness (QED) is 0.682. The fourth-order valence-corrected chi connectivity index (χ4v) is 1.59. The van der Waals surface area contributed by atoms with Gasteiger partial charge in [0.1, 0.15) is 0 Å². The summed E-state index contributed by atoms with van der Waals surface area (Å²) in [7, 11) is 4.27. The summed E-state index contributed by atoms with van der Waals surface area (Å²) in [5.74, 6) is 0. The monoisotopic (exact) mass is 186 g/mol. The van der Waals surface area contributed by atoms with E-state index in [1.54, 1.807) is 0 Å². The van der Waals surface area contributed by atoms with Crippen LogP contribution < -0.4 is 5.32 Å². The van der Waals surface area contributed by atoms with Crippen molar-refractivity contribution >= 4 is 0 Å². The number of nitrogens with one attached hydrogen (secondary N) is 1. The predicted octanol–water partition coefficient (Wildman–Crippen LogP) is 1.96. The van der Waals surface area contributed by atoms with E-state index in [4.69, 9.17) is 0 Å². The van der Waals surface area contributed by atoms with E-state index in [9.17, 15) is 0 Å². The second kappa shape index (κ2) is 5.61. The van der Waals surface area contributed by atoms with Crippen LogP contribution in [0.4, 0.5) is 0 Å². The van der Waals surface area contributed by atoms with Crippen molar-refractivity contribution in [1.29, 1.82) is 0 Å². The lowest BCUT2D eigenvalue weighted by atomic mass is 9.85. The molecule has 0 saturated carbocycles. The molecule has 0 radical (unpaired) electrons. The molecule has 2 nitrogen and oxygen atoms in total. The molecule has 1 atom stereocenters. The van der Waals surface area contributed by atoms with E-state index in [1.165, 1.54) is 6.42 Å². The molecule has 1 unspecified atom stereocenters. The Labute approximate surface area is 83.7 Å². The summed E-state index contributed by atoms with van der Waals surface area (Å²) >= 11 is 0. The molecular formula is C11H26N2. The summed E-state index contributed by atoms with van der Waals surface area (Å²) < 4.78 is 0. The highest BCUT2D eigenvalue weighted by Gasteiger charge is 2.25. The summed E-state index contributed by atoms with van der Waals surface area (Å²) in [4.78, 5) is 2.25. The fraction of sp³-hybridized carbons (Fsp3) is 1.00. The van der Waals surface area contributed by atoms with Gasteiger partial charge >= 0.3 is 0 Å². The van der Waals surface area contributed by atoms with Gasteiger partial charge in [0.25, 0.3) is 0 Å². The summed E-state index contributed by atoms with van der Waals surface area (Å²) in [5.41, 5.74) is 0.346. The standard InChI is InChI=1S/C11H26N2/c1-7-8-12-10(2)11(3,4)9-13(5)6/h10,12H,7-9H2,1-6H3. The van der Waals surface area contributed by atoms with Crippen LogP contribution in [-0.4, -0.2) is 38.1 Å². The Bertz CT molecular complexity index is 130. The summed E-state index contributed by atoms with van der Waals surface area (Å²) in [6, 6.07) is 0.579. The van der Waals surface area contributed by atoms with Crippen molar-refractivity contribution in [2.45, 2.75) is 40.2 Å². The van der Waals surface area contributed by atoms with Crippen molar-refractivity contribution in [1.82, 2.24) is 10.2 Å². The molecule has 0 aliphatic heterocycles. The lowest BCUT2D eigenvalue weighted by molar-refractivity contribution is 0.184. The normalized spacial score (nSPS) is 15.0. The highest BCUT2D eigenvalue weighted by Crippen LogP contribution is 2.20. The molecule has 0 amide bonds. The third-order valence-corrected chi connectivity index (χ3v) is 2.60. The summed E-state index contributed by atoms with van der Waals surface area (Å²) in [6.07, 6.45) is 1.21. The maximum absolute atomic E-state index is 3.55. The van der Waals surface area contributed by atoms with Crippen LogP contribution in [0, 0.1) is 5.41 Å². The van der Waals surface area contributed by atoms with Gasteiger partial charge in [-0.1, -0.05) is 20.8 Å². The zero-order valence-electron chi connectivity index (χ0n) is 10.1. The molecule has 13 heavy (non-hydrogen) atoms. The Kier molecular flexibility index (Phi) is 5.57. The summed E-state index contributed by atoms with van der Waals surface area (Å²) in [5, 5.41) is 3.55. The maximum Gasteiger partial charge on any atom is 0.0102 e. The first-order valence-corrected chi connectivity index (χ1v) is 5.28. The molecule has 2 heteroatoms. The average molecular weight is 186 g/mol. The molecule has 0 aliphatic carbocycles. The predicted molar refractivity (Wildman–Crippen MR) is 60.1 cm³/mol. The van der Waals surface area contributed by atoms with E-state index in [0.29, 0.717) is 11.5 Å². The average Bonchev–Trinajstić information content (AvgIpc) is 1.97. The molecule has 0 rings (SSSR count). The summed E-state index contributed by atoms with van der Waals surface area (Å²) in [6.45, 7) is 11.4. The number of rotatable bonds is 6. The minimum absolute atomic E-state index is 0.346. The topological polar surface area (TPSA) is 15.3 Å².